The summed E-state index contributed by atoms with van der Waals surface area (Å²) >= 11 is 0. The Morgan fingerprint density at radius 3 is 2.53 bits per heavy atom. The van der Waals surface area contributed by atoms with Gasteiger partial charge in [0.25, 0.3) is 5.56 Å². The van der Waals surface area contributed by atoms with Crippen molar-refractivity contribution in [3.63, 3.8) is 0 Å². The summed E-state index contributed by atoms with van der Waals surface area (Å²) in [7, 11) is 4.01. The Morgan fingerprint density at radius 1 is 1.32 bits per heavy atom. The van der Waals surface area contributed by atoms with E-state index in [-0.39, 0.29) is 22.4 Å². The summed E-state index contributed by atoms with van der Waals surface area (Å²) in [5, 5.41) is 0.124. The van der Waals surface area contributed by atoms with Crippen LogP contribution in [0.3, 0.4) is 0 Å². The number of anilines is 1. The molecule has 0 unspecified atom stereocenters. The molecule has 0 saturated carbocycles. The van der Waals surface area contributed by atoms with Gasteiger partial charge < -0.3 is 10.5 Å². The van der Waals surface area contributed by atoms with Crippen LogP contribution >= 0.6 is 0 Å². The number of hydrogen-bond donors (Lipinski definition) is 1. The quantitative estimate of drug-likeness (QED) is 0.662. The van der Waals surface area contributed by atoms with Crippen molar-refractivity contribution in [1.82, 2.24) is 14.1 Å². The fourth-order valence-electron chi connectivity index (χ4n) is 1.79. The first-order valence-electron chi connectivity index (χ1n) is 5.33. The number of nitrogens with two attached hydrogens (primary N) is 1. The molecule has 0 aliphatic carbocycles. The summed E-state index contributed by atoms with van der Waals surface area (Å²) < 4.78 is 6.67. The molecule has 2 aromatic heterocycles. The Labute approximate surface area is 107 Å². The van der Waals surface area contributed by atoms with E-state index < -0.39 is 17.2 Å². The van der Waals surface area contributed by atoms with Crippen molar-refractivity contribution < 1.29 is 9.53 Å². The molecule has 0 bridgehead atoms. The summed E-state index contributed by atoms with van der Waals surface area (Å²) in [6.45, 7) is 0. The van der Waals surface area contributed by atoms with E-state index in [0.717, 1.165) is 4.57 Å². The van der Waals surface area contributed by atoms with Crippen molar-refractivity contribution in [3.8, 4) is 0 Å². The Kier molecular flexibility index (Phi) is 2.85. The molecule has 0 amide bonds. The molecular weight excluding hydrogens is 252 g/mol. The van der Waals surface area contributed by atoms with Crippen LogP contribution < -0.4 is 17.0 Å². The molecule has 0 fully saturated rings. The van der Waals surface area contributed by atoms with Crippen molar-refractivity contribution in [2.75, 3.05) is 12.8 Å². The maximum absolute atomic E-state index is 12.0. The summed E-state index contributed by atoms with van der Waals surface area (Å²) in [6.07, 6.45) is 0. The normalized spacial score (nSPS) is 10.7. The van der Waals surface area contributed by atoms with E-state index in [1.807, 2.05) is 0 Å². The minimum atomic E-state index is -0.692. The molecule has 0 aliphatic heterocycles. The molecular formula is C11H12N4O4. The van der Waals surface area contributed by atoms with Crippen LogP contribution in [0.25, 0.3) is 11.0 Å². The van der Waals surface area contributed by atoms with E-state index >= 15 is 0 Å². The average molecular weight is 264 g/mol. The molecule has 0 aromatic carbocycles. The number of nitrogens with zero attached hydrogens (tertiary/aromatic N) is 3. The Hall–Kier alpha value is -2.64. The predicted molar refractivity (Wildman–Crippen MR) is 68.0 cm³/mol. The van der Waals surface area contributed by atoms with Crippen LogP contribution in [0.5, 0.6) is 0 Å². The van der Waals surface area contributed by atoms with Gasteiger partial charge >= 0.3 is 11.7 Å². The monoisotopic (exact) mass is 264 g/mol. The first-order chi connectivity index (χ1) is 8.88. The number of hydrogen-bond acceptors (Lipinski definition) is 6. The number of ether oxygens (including phenoxy) is 1. The minimum absolute atomic E-state index is 0.00857. The second-order valence-electron chi connectivity index (χ2n) is 3.99. The zero-order chi connectivity index (χ0) is 14.3. The fraction of sp³-hybridized carbons (Fsp3) is 0.273. The number of esters is 1. The highest BCUT2D eigenvalue weighted by atomic mass is 16.5. The number of aromatic nitrogens is 3. The molecule has 0 atom stereocenters. The van der Waals surface area contributed by atoms with Crippen LogP contribution in [0.2, 0.25) is 0 Å². The lowest BCUT2D eigenvalue weighted by molar-refractivity contribution is 0.0602. The summed E-state index contributed by atoms with van der Waals surface area (Å²) in [5.74, 6) is -0.787. The maximum atomic E-state index is 12.0. The Morgan fingerprint density at radius 2 is 1.95 bits per heavy atom. The minimum Gasteiger partial charge on any atom is -0.465 e. The van der Waals surface area contributed by atoms with E-state index in [1.165, 1.54) is 31.8 Å². The van der Waals surface area contributed by atoms with Gasteiger partial charge in [-0.05, 0) is 6.07 Å². The zero-order valence-electron chi connectivity index (χ0n) is 10.6. The van der Waals surface area contributed by atoms with Gasteiger partial charge in [-0.2, -0.15) is 0 Å². The van der Waals surface area contributed by atoms with Crippen molar-refractivity contribution in [1.29, 1.82) is 0 Å². The predicted octanol–water partition coefficient (Wildman–Crippen LogP) is -0.999. The highest BCUT2D eigenvalue weighted by Crippen LogP contribution is 2.15. The number of carbonyl (C=O) groups is 1. The van der Waals surface area contributed by atoms with Crippen molar-refractivity contribution in [2.45, 2.75) is 0 Å². The molecule has 8 nitrogen and oxygen atoms in total. The molecule has 0 aliphatic rings. The highest BCUT2D eigenvalue weighted by Gasteiger charge is 2.17. The van der Waals surface area contributed by atoms with Crippen molar-refractivity contribution in [3.05, 3.63) is 32.5 Å². The number of fused-ring (bicyclic) bond motifs is 1. The third-order valence-corrected chi connectivity index (χ3v) is 2.86. The zero-order valence-corrected chi connectivity index (χ0v) is 10.6. The molecule has 2 aromatic rings. The largest absolute Gasteiger partial charge is 0.465 e. The van der Waals surface area contributed by atoms with Gasteiger partial charge in [0.15, 0.2) is 5.65 Å². The highest BCUT2D eigenvalue weighted by molar-refractivity contribution is 5.97. The maximum Gasteiger partial charge on any atom is 0.341 e. The lowest BCUT2D eigenvalue weighted by Gasteiger charge is -2.09. The second-order valence-corrected chi connectivity index (χ2v) is 3.99. The van der Waals surface area contributed by atoms with Crippen LogP contribution in [0.1, 0.15) is 10.4 Å². The van der Waals surface area contributed by atoms with Crippen LogP contribution in [0.4, 0.5) is 5.82 Å². The second kappa shape index (κ2) is 4.23. The third-order valence-electron chi connectivity index (χ3n) is 2.86. The lowest BCUT2D eigenvalue weighted by atomic mass is 10.2. The van der Waals surface area contributed by atoms with Crippen LogP contribution in [0.15, 0.2) is 15.7 Å². The molecule has 2 N–H and O–H groups in total. The smallest absolute Gasteiger partial charge is 0.341 e. The molecule has 2 heterocycles. The first-order valence-corrected chi connectivity index (χ1v) is 5.33. The molecule has 19 heavy (non-hydrogen) atoms. The number of aryl methyl sites for hydroxylation is 1. The van der Waals surface area contributed by atoms with E-state index in [0.29, 0.717) is 0 Å². The molecule has 0 saturated heterocycles. The number of carbonyl (C=O) groups excluding carboxylic acids is 1. The molecule has 2 rings (SSSR count). The van der Waals surface area contributed by atoms with Gasteiger partial charge in [0, 0.05) is 14.1 Å². The molecule has 100 valence electrons. The fourth-order valence-corrected chi connectivity index (χ4v) is 1.79. The lowest BCUT2D eigenvalue weighted by Crippen LogP contribution is -2.37. The van der Waals surface area contributed by atoms with E-state index in [1.54, 1.807) is 0 Å². The Balaban J connectivity index is 2.99. The molecule has 0 spiro atoms. The van der Waals surface area contributed by atoms with Gasteiger partial charge in [-0.15, -0.1) is 0 Å². The Bertz CT molecular complexity index is 803. The first kappa shape index (κ1) is 12.8. The number of nitrogen functional groups attached to an aromatic ring is 1. The molecule has 0 radical (unpaired) electrons. The SMILES string of the molecule is COC(=O)c1cc2c(=O)n(C)c(=O)n(C)c2nc1N. The molecule has 8 heteroatoms. The van der Waals surface area contributed by atoms with Crippen LogP contribution in [-0.2, 0) is 18.8 Å². The van der Waals surface area contributed by atoms with Gasteiger partial charge in [0.2, 0.25) is 0 Å². The third kappa shape index (κ3) is 1.77. The van der Waals surface area contributed by atoms with E-state index in [9.17, 15) is 14.4 Å². The van der Waals surface area contributed by atoms with E-state index in [4.69, 9.17) is 5.73 Å². The topological polar surface area (TPSA) is 109 Å². The van der Waals surface area contributed by atoms with Crippen LogP contribution in [-0.4, -0.2) is 27.2 Å². The van der Waals surface area contributed by atoms with Gasteiger partial charge in [0.05, 0.1) is 12.5 Å². The van der Waals surface area contributed by atoms with Crippen LogP contribution in [0, 0.1) is 0 Å². The van der Waals surface area contributed by atoms with Gasteiger partial charge in [0.1, 0.15) is 11.4 Å². The van der Waals surface area contributed by atoms with Gasteiger partial charge in [-0.25, -0.2) is 14.6 Å². The van der Waals surface area contributed by atoms with Crippen molar-refractivity contribution >= 4 is 22.8 Å². The van der Waals surface area contributed by atoms with Crippen molar-refractivity contribution in [2.24, 2.45) is 14.1 Å². The summed E-state index contributed by atoms with van der Waals surface area (Å²) in [5.41, 5.74) is 4.68. The van der Waals surface area contributed by atoms with Gasteiger partial charge in [-0.3, -0.25) is 13.9 Å². The number of rotatable bonds is 1. The standard InChI is InChI=1S/C11H12N4O4/c1-14-8-6(9(16)15(2)11(14)18)4-5(7(12)13-8)10(17)19-3/h4H,1-3H3,(H2,12,13). The summed E-state index contributed by atoms with van der Waals surface area (Å²) in [6, 6.07) is 1.28. The number of methoxy groups -OCH3 is 1. The average Bonchev–Trinajstić information content (AvgIpc) is 2.41. The number of pyridine rings is 1. The summed E-state index contributed by atoms with van der Waals surface area (Å²) in [4.78, 5) is 39.2. The van der Waals surface area contributed by atoms with Gasteiger partial charge in [-0.1, -0.05) is 0 Å². The van der Waals surface area contributed by atoms with E-state index in [2.05, 4.69) is 9.72 Å².